The van der Waals surface area contributed by atoms with Gasteiger partial charge in [0, 0.05) is 54.7 Å². The fourth-order valence-electron chi connectivity index (χ4n) is 8.62. The number of fused-ring (bicyclic) bond motifs is 2. The van der Waals surface area contributed by atoms with Crippen LogP contribution in [0.1, 0.15) is 90.7 Å². The lowest BCUT2D eigenvalue weighted by atomic mass is 9.83. The zero-order chi connectivity index (χ0) is 40.9. The fourth-order valence-corrected chi connectivity index (χ4v) is 9.80. The summed E-state index contributed by atoms with van der Waals surface area (Å²) in [7, 11) is 0. The van der Waals surface area contributed by atoms with Gasteiger partial charge in [-0.2, -0.15) is 0 Å². The first-order valence-electron chi connectivity index (χ1n) is 20.1. The predicted molar refractivity (Wildman–Crippen MR) is 227 cm³/mol. The highest BCUT2D eigenvalue weighted by molar-refractivity contribution is 9.10. The van der Waals surface area contributed by atoms with Gasteiger partial charge in [0.15, 0.2) is 0 Å². The number of hydrogen-bond acceptors (Lipinski definition) is 8. The molecule has 0 unspecified atom stereocenters. The second kappa shape index (κ2) is 18.8. The first kappa shape index (κ1) is 42.7. The third kappa shape index (κ3) is 10.8. The number of halogens is 2. The number of esters is 2. The maximum atomic E-state index is 14.2. The van der Waals surface area contributed by atoms with Gasteiger partial charge in [-0.05, 0) is 120 Å². The SMILES string of the molecule is CC(=O)O[C@@H]1CCN(C(=O)[C@@H](NC(=O)OC(C)(C)C)C2CCCCC2)[C@@H]1Cc1c(Br)[nH]c2ccccc12.CC(=O)O[C@@H]1CCN[C@@H]1Cc1c(Br)[nH]c2ccccc12. The maximum absolute atomic E-state index is 14.2. The summed E-state index contributed by atoms with van der Waals surface area (Å²) >= 11 is 7.25. The molecule has 0 bridgehead atoms. The number of amides is 2. The van der Waals surface area contributed by atoms with E-state index in [1.165, 1.54) is 24.8 Å². The van der Waals surface area contributed by atoms with Crippen LogP contribution >= 0.6 is 31.9 Å². The van der Waals surface area contributed by atoms with Crippen molar-refractivity contribution >= 4 is 77.6 Å². The van der Waals surface area contributed by atoms with Crippen LogP contribution in [0.15, 0.2) is 57.7 Å². The molecule has 2 saturated heterocycles. The maximum Gasteiger partial charge on any atom is 0.408 e. The Morgan fingerprint density at radius 3 is 1.93 bits per heavy atom. The van der Waals surface area contributed by atoms with Crippen molar-refractivity contribution in [3.05, 3.63) is 68.9 Å². The largest absolute Gasteiger partial charge is 0.461 e. The van der Waals surface area contributed by atoms with E-state index in [4.69, 9.17) is 14.2 Å². The van der Waals surface area contributed by atoms with Gasteiger partial charge in [0.05, 0.1) is 15.2 Å². The van der Waals surface area contributed by atoms with Crippen LogP contribution in [0.5, 0.6) is 0 Å². The summed E-state index contributed by atoms with van der Waals surface area (Å²) in [6.07, 6.45) is 6.72. The Labute approximate surface area is 351 Å². The highest BCUT2D eigenvalue weighted by Gasteiger charge is 2.44. The topological polar surface area (TPSA) is 155 Å². The average molecular weight is 914 g/mol. The first-order valence-corrected chi connectivity index (χ1v) is 21.6. The van der Waals surface area contributed by atoms with Gasteiger partial charge in [-0.25, -0.2) is 4.79 Å². The van der Waals surface area contributed by atoms with Crippen LogP contribution in [0.3, 0.4) is 0 Å². The number of carbonyl (C=O) groups excluding carboxylic acids is 4. The highest BCUT2D eigenvalue weighted by Crippen LogP contribution is 2.35. The monoisotopic (exact) mass is 911 g/mol. The zero-order valence-corrected chi connectivity index (χ0v) is 36.6. The van der Waals surface area contributed by atoms with Crippen molar-refractivity contribution in [2.24, 2.45) is 5.92 Å². The molecule has 57 heavy (non-hydrogen) atoms. The summed E-state index contributed by atoms with van der Waals surface area (Å²) in [5.74, 6) is -0.657. The van der Waals surface area contributed by atoms with Crippen LogP contribution in [0, 0.1) is 5.92 Å². The molecule has 5 atom stereocenters. The van der Waals surface area contributed by atoms with Gasteiger partial charge in [-0.15, -0.1) is 0 Å². The molecule has 14 heteroatoms. The summed E-state index contributed by atoms with van der Waals surface area (Å²) in [5.41, 5.74) is 3.72. The molecule has 0 radical (unpaired) electrons. The quantitative estimate of drug-likeness (QED) is 0.0968. The lowest BCUT2D eigenvalue weighted by Crippen LogP contribution is -2.55. The molecule has 1 saturated carbocycles. The molecule has 0 spiro atoms. The average Bonchev–Trinajstić information content (AvgIpc) is 3.92. The molecular weight excluding hydrogens is 858 g/mol. The molecule has 2 aromatic heterocycles. The minimum atomic E-state index is -0.680. The van der Waals surface area contributed by atoms with E-state index < -0.39 is 23.8 Å². The Balaban J connectivity index is 0.000000230. The van der Waals surface area contributed by atoms with Crippen molar-refractivity contribution in [1.29, 1.82) is 0 Å². The number of aromatic nitrogens is 2. The van der Waals surface area contributed by atoms with Crippen LogP contribution in [-0.2, 0) is 41.4 Å². The molecule has 7 rings (SSSR count). The number of likely N-dealkylation sites (tertiary alicyclic amines) is 1. The number of nitrogens with one attached hydrogen (secondary N) is 4. The lowest BCUT2D eigenvalue weighted by molar-refractivity contribution is -0.150. The van der Waals surface area contributed by atoms with Gasteiger partial charge in [0.2, 0.25) is 5.91 Å². The number of para-hydroxylation sites is 2. The molecule has 2 aliphatic heterocycles. The van der Waals surface area contributed by atoms with Crippen LogP contribution < -0.4 is 10.6 Å². The van der Waals surface area contributed by atoms with Crippen LogP contribution in [0.2, 0.25) is 0 Å². The molecule has 4 heterocycles. The number of benzene rings is 2. The van der Waals surface area contributed by atoms with E-state index in [1.54, 1.807) is 0 Å². The van der Waals surface area contributed by atoms with E-state index in [9.17, 15) is 19.2 Å². The second-order valence-corrected chi connectivity index (χ2v) is 18.0. The van der Waals surface area contributed by atoms with Crippen molar-refractivity contribution < 1.29 is 33.4 Å². The Morgan fingerprint density at radius 2 is 1.35 bits per heavy atom. The van der Waals surface area contributed by atoms with Crippen molar-refractivity contribution in [3.8, 4) is 0 Å². The third-order valence-corrected chi connectivity index (χ3v) is 12.5. The van der Waals surface area contributed by atoms with Gasteiger partial charge < -0.3 is 39.7 Å². The van der Waals surface area contributed by atoms with Crippen molar-refractivity contribution in [1.82, 2.24) is 25.5 Å². The van der Waals surface area contributed by atoms with Crippen molar-refractivity contribution in [2.45, 2.75) is 128 Å². The summed E-state index contributed by atoms with van der Waals surface area (Å²) in [6.45, 7) is 9.65. The highest BCUT2D eigenvalue weighted by atomic mass is 79.9. The smallest absolute Gasteiger partial charge is 0.408 e. The Morgan fingerprint density at radius 1 is 0.789 bits per heavy atom. The number of carbonyl (C=O) groups is 4. The van der Waals surface area contributed by atoms with E-state index >= 15 is 0 Å². The number of hydrogen-bond donors (Lipinski definition) is 4. The van der Waals surface area contributed by atoms with Crippen LogP contribution in [0.4, 0.5) is 4.79 Å². The van der Waals surface area contributed by atoms with Gasteiger partial charge in [0.1, 0.15) is 23.9 Å². The zero-order valence-electron chi connectivity index (χ0n) is 33.4. The van der Waals surface area contributed by atoms with E-state index in [2.05, 4.69) is 64.6 Å². The molecule has 2 amide bonds. The number of nitrogens with zero attached hydrogens (tertiary/aromatic N) is 1. The Kier molecular flexibility index (Phi) is 14.1. The number of rotatable bonds is 9. The van der Waals surface area contributed by atoms with E-state index in [0.717, 1.165) is 82.7 Å². The van der Waals surface area contributed by atoms with E-state index in [-0.39, 0.29) is 42.0 Å². The number of ether oxygens (including phenoxy) is 3. The molecule has 1 aliphatic carbocycles. The Hall–Kier alpha value is -3.88. The summed E-state index contributed by atoms with van der Waals surface area (Å²) in [6, 6.07) is 15.4. The normalized spacial score (nSPS) is 21.8. The minimum absolute atomic E-state index is 0.0342. The molecule has 4 aromatic rings. The molecular formula is C43H55Br2N5O7. The lowest BCUT2D eigenvalue weighted by Gasteiger charge is -2.36. The number of alkyl carbamates (subject to hydrolysis) is 1. The van der Waals surface area contributed by atoms with Crippen LogP contribution in [0.25, 0.3) is 21.8 Å². The predicted octanol–water partition coefficient (Wildman–Crippen LogP) is 8.25. The standard InChI is InChI=1S/C28H38BrN3O5.C15H17BrN2O2/c1-17(33)36-23-14-15-32(22(23)16-20-19-12-8-9-13-21(19)30-25(20)29)26(34)24(18-10-6-5-7-11-18)31-27(35)37-28(2,3)4;1-9(19)20-14-6-7-17-13(14)8-11-10-4-2-3-5-12(10)18-15(11)16/h8-9,12-13,18,22-24,30H,5-7,10-11,14-16H2,1-4H3,(H,31,35);2-5,13-14,17-18H,6-8H2,1H3/t22-,23-,24+;13-,14-/m11/s1. The van der Waals surface area contributed by atoms with Gasteiger partial charge in [-0.3, -0.25) is 14.4 Å². The number of H-pyrrole nitrogens is 2. The fraction of sp³-hybridized carbons (Fsp3) is 0.535. The number of aromatic amines is 2. The molecule has 2 aromatic carbocycles. The summed E-state index contributed by atoms with van der Waals surface area (Å²) < 4.78 is 18.5. The molecule has 308 valence electrons. The van der Waals surface area contributed by atoms with Crippen LogP contribution in [-0.4, -0.2) is 87.8 Å². The van der Waals surface area contributed by atoms with Crippen molar-refractivity contribution in [3.63, 3.8) is 0 Å². The molecule has 3 aliphatic rings. The first-order chi connectivity index (χ1) is 27.2. The molecule has 3 fully saturated rings. The van der Waals surface area contributed by atoms with Crippen molar-refractivity contribution in [2.75, 3.05) is 13.1 Å². The second-order valence-electron chi connectivity index (χ2n) is 16.4. The van der Waals surface area contributed by atoms with Gasteiger partial charge in [-0.1, -0.05) is 55.7 Å². The minimum Gasteiger partial charge on any atom is -0.461 e. The van der Waals surface area contributed by atoms with E-state index in [1.807, 2.05) is 62.1 Å². The third-order valence-electron chi connectivity index (χ3n) is 11.1. The van der Waals surface area contributed by atoms with Gasteiger partial charge >= 0.3 is 18.0 Å². The van der Waals surface area contributed by atoms with Gasteiger partial charge in [0.25, 0.3) is 0 Å². The Bertz CT molecular complexity index is 2050. The summed E-state index contributed by atoms with van der Waals surface area (Å²) in [4.78, 5) is 58.6. The molecule has 12 nitrogen and oxygen atoms in total. The molecule has 4 N–H and O–H groups in total. The summed E-state index contributed by atoms with van der Waals surface area (Å²) in [5, 5.41) is 8.63. The van der Waals surface area contributed by atoms with E-state index in [0.29, 0.717) is 19.4 Å².